The Bertz CT molecular complexity index is 1540. The highest BCUT2D eigenvalue weighted by Gasteiger charge is 2.38. The number of allylic oxidation sites excluding steroid dienone is 2. The van der Waals surface area contributed by atoms with E-state index in [1.807, 2.05) is 31.2 Å². The monoisotopic (exact) mass is 504 g/mol. The summed E-state index contributed by atoms with van der Waals surface area (Å²) < 4.78 is 46.3. The number of alkyl halides is 3. The molecule has 1 atom stereocenters. The zero-order chi connectivity index (χ0) is 26.2. The maximum atomic E-state index is 13.3. The quantitative estimate of drug-likeness (QED) is 0.303. The van der Waals surface area contributed by atoms with Crippen LogP contribution < -0.4 is 10.1 Å². The number of carbonyl (C=O) groups excluding carboxylic acids is 1. The molecule has 9 heteroatoms. The first kappa shape index (κ1) is 24.3. The lowest BCUT2D eigenvalue weighted by Gasteiger charge is -2.22. The van der Waals surface area contributed by atoms with E-state index in [1.165, 1.54) is 13.0 Å². The van der Waals surface area contributed by atoms with E-state index >= 15 is 0 Å². The van der Waals surface area contributed by atoms with Gasteiger partial charge in [0.15, 0.2) is 0 Å². The maximum Gasteiger partial charge on any atom is 0.412 e. The Hall–Kier alpha value is -4.40. The van der Waals surface area contributed by atoms with E-state index in [-0.39, 0.29) is 12.0 Å². The number of ether oxygens (including phenoxy) is 1. The van der Waals surface area contributed by atoms with Crippen LogP contribution in [0.2, 0.25) is 0 Å². The predicted octanol–water partition coefficient (Wildman–Crippen LogP) is 7.12. The maximum absolute atomic E-state index is 13.3. The van der Waals surface area contributed by atoms with E-state index in [0.29, 0.717) is 28.5 Å². The molecule has 6 nitrogen and oxygen atoms in total. The number of pyridine rings is 2. The van der Waals surface area contributed by atoms with Crippen LogP contribution in [-0.2, 0) is 4.79 Å². The predicted molar refractivity (Wildman–Crippen MR) is 135 cm³/mol. The fraction of sp³-hybridized carbons (Fsp3) is 0.179. The number of aromatic amines is 1. The largest absolute Gasteiger partial charge is 0.456 e. The number of hydrogen-bond donors (Lipinski definition) is 2. The first-order valence-corrected chi connectivity index (χ1v) is 11.7. The Morgan fingerprint density at radius 1 is 1.16 bits per heavy atom. The Morgan fingerprint density at radius 3 is 2.76 bits per heavy atom. The van der Waals surface area contributed by atoms with Gasteiger partial charge in [-0.3, -0.25) is 9.78 Å². The molecule has 5 rings (SSSR count). The fourth-order valence-corrected chi connectivity index (χ4v) is 4.18. The first-order valence-electron chi connectivity index (χ1n) is 11.7. The second-order valence-corrected chi connectivity index (χ2v) is 8.92. The molecule has 1 aliphatic carbocycles. The van der Waals surface area contributed by atoms with Crippen LogP contribution in [0.1, 0.15) is 18.9 Å². The molecule has 0 fully saturated rings. The topological polar surface area (TPSA) is 79.9 Å². The van der Waals surface area contributed by atoms with Crippen molar-refractivity contribution in [2.75, 3.05) is 5.32 Å². The van der Waals surface area contributed by atoms with Crippen molar-refractivity contribution >= 4 is 22.6 Å². The molecule has 1 unspecified atom stereocenters. The van der Waals surface area contributed by atoms with Crippen LogP contribution in [0.3, 0.4) is 0 Å². The number of H-pyrrole nitrogens is 1. The Balaban J connectivity index is 1.42. The molecule has 3 heterocycles. The number of nitrogens with zero attached hydrogens (tertiary/aromatic N) is 2. The molecule has 2 N–H and O–H groups in total. The highest BCUT2D eigenvalue weighted by Crippen LogP contribution is 2.38. The lowest BCUT2D eigenvalue weighted by Crippen LogP contribution is -2.23. The number of carbonyl (C=O) groups is 1. The van der Waals surface area contributed by atoms with Crippen LogP contribution in [0.25, 0.3) is 22.3 Å². The van der Waals surface area contributed by atoms with Crippen LogP contribution in [0, 0.1) is 12.8 Å². The molecule has 0 radical (unpaired) electrons. The summed E-state index contributed by atoms with van der Waals surface area (Å²) in [4.78, 5) is 24.7. The molecule has 0 spiro atoms. The summed E-state index contributed by atoms with van der Waals surface area (Å²) in [5, 5.41) is 3.47. The highest BCUT2D eigenvalue weighted by molar-refractivity contribution is 6.06. The van der Waals surface area contributed by atoms with Crippen LogP contribution >= 0.6 is 0 Å². The molecule has 1 aromatic carbocycles. The van der Waals surface area contributed by atoms with Crippen molar-refractivity contribution in [3.05, 3.63) is 89.9 Å². The van der Waals surface area contributed by atoms with E-state index in [2.05, 4.69) is 20.3 Å². The summed E-state index contributed by atoms with van der Waals surface area (Å²) in [7, 11) is 0. The van der Waals surface area contributed by atoms with Crippen molar-refractivity contribution in [1.82, 2.24) is 15.0 Å². The molecule has 1 amide bonds. The molecular formula is C28H23F3N4O2. The third-order valence-electron chi connectivity index (χ3n) is 6.24. The zero-order valence-electron chi connectivity index (χ0n) is 20.1. The minimum Gasteiger partial charge on any atom is -0.456 e. The van der Waals surface area contributed by atoms with Crippen molar-refractivity contribution in [1.29, 1.82) is 0 Å². The van der Waals surface area contributed by atoms with Crippen LogP contribution in [0.4, 0.5) is 18.9 Å². The van der Waals surface area contributed by atoms with E-state index in [9.17, 15) is 18.0 Å². The van der Waals surface area contributed by atoms with Gasteiger partial charge in [-0.15, -0.1) is 0 Å². The average Bonchev–Trinajstić information content (AvgIpc) is 3.35. The summed E-state index contributed by atoms with van der Waals surface area (Å²) in [5.74, 6) is -0.266. The van der Waals surface area contributed by atoms with Gasteiger partial charge in [0.1, 0.15) is 17.1 Å². The first-order chi connectivity index (χ1) is 17.7. The van der Waals surface area contributed by atoms with Gasteiger partial charge in [-0.1, -0.05) is 19.1 Å². The number of halogens is 3. The SMILES string of the molecule is Cc1ccc(NC(=O)C2=CCC(C)C(C(F)(F)F)=C2)cc1Oc1cc(-c2cccnc2)nc2[nH]ccc12. The third-order valence-corrected chi connectivity index (χ3v) is 6.24. The second-order valence-electron chi connectivity index (χ2n) is 8.92. The molecule has 3 aromatic heterocycles. The normalized spacial score (nSPS) is 15.8. The van der Waals surface area contributed by atoms with Gasteiger partial charge in [-0.2, -0.15) is 13.2 Å². The number of amides is 1. The Labute approximate surface area is 210 Å². The highest BCUT2D eigenvalue weighted by atomic mass is 19.4. The molecule has 1 aliphatic rings. The molecule has 0 saturated carbocycles. The third kappa shape index (κ3) is 5.11. The van der Waals surface area contributed by atoms with Crippen molar-refractivity contribution in [2.24, 2.45) is 5.92 Å². The smallest absolute Gasteiger partial charge is 0.412 e. The lowest BCUT2D eigenvalue weighted by atomic mass is 9.89. The van der Waals surface area contributed by atoms with Gasteiger partial charge < -0.3 is 15.0 Å². The van der Waals surface area contributed by atoms with E-state index in [1.54, 1.807) is 36.8 Å². The number of aromatic nitrogens is 3. The summed E-state index contributed by atoms with van der Waals surface area (Å²) >= 11 is 0. The van der Waals surface area contributed by atoms with Gasteiger partial charge in [0.05, 0.1) is 11.1 Å². The van der Waals surface area contributed by atoms with Gasteiger partial charge in [-0.25, -0.2) is 4.98 Å². The molecular weight excluding hydrogens is 481 g/mol. The number of anilines is 1. The van der Waals surface area contributed by atoms with Gasteiger partial charge >= 0.3 is 6.18 Å². The molecule has 0 saturated heterocycles. The molecule has 0 bridgehead atoms. The van der Waals surface area contributed by atoms with E-state index < -0.39 is 23.6 Å². The minimum atomic E-state index is -4.48. The standard InChI is InChI=1S/C28H23F3N4O2/c1-16-5-7-18(12-22(16)28(29,30)31)27(36)34-20-8-6-17(2)24(13-20)37-25-14-23(19-4-3-10-32-15-19)35-26-21(25)9-11-33-26/h3-4,6-16H,5H2,1-2H3,(H,33,35)(H,34,36). The molecule has 4 aromatic rings. The van der Waals surface area contributed by atoms with Gasteiger partial charge in [-0.05, 0) is 55.2 Å². The van der Waals surface area contributed by atoms with Crippen molar-refractivity contribution < 1.29 is 22.7 Å². The summed E-state index contributed by atoms with van der Waals surface area (Å²) in [6.45, 7) is 3.36. The number of hydrogen-bond acceptors (Lipinski definition) is 4. The van der Waals surface area contributed by atoms with Crippen LogP contribution in [0.5, 0.6) is 11.5 Å². The summed E-state index contributed by atoms with van der Waals surface area (Å²) in [5.41, 5.74) is 2.63. The zero-order valence-corrected chi connectivity index (χ0v) is 20.1. The van der Waals surface area contributed by atoms with E-state index in [0.717, 1.165) is 22.6 Å². The van der Waals surface area contributed by atoms with Crippen molar-refractivity contribution in [2.45, 2.75) is 26.4 Å². The molecule has 0 aliphatic heterocycles. The lowest BCUT2D eigenvalue weighted by molar-refractivity contribution is -0.112. The average molecular weight is 505 g/mol. The summed E-state index contributed by atoms with van der Waals surface area (Å²) in [6.07, 6.45) is 3.28. The van der Waals surface area contributed by atoms with Crippen LogP contribution in [-0.4, -0.2) is 27.0 Å². The molecule has 188 valence electrons. The van der Waals surface area contributed by atoms with Gasteiger partial charge in [0, 0.05) is 53.1 Å². The van der Waals surface area contributed by atoms with Crippen molar-refractivity contribution in [3.8, 4) is 22.8 Å². The second kappa shape index (κ2) is 9.57. The number of aryl methyl sites for hydroxylation is 1. The number of nitrogens with one attached hydrogen (secondary N) is 2. The van der Waals surface area contributed by atoms with Gasteiger partial charge in [0.2, 0.25) is 0 Å². The van der Waals surface area contributed by atoms with Crippen molar-refractivity contribution in [3.63, 3.8) is 0 Å². The van der Waals surface area contributed by atoms with E-state index in [4.69, 9.17) is 4.74 Å². The minimum absolute atomic E-state index is 0.0160. The summed E-state index contributed by atoms with van der Waals surface area (Å²) in [6, 6.07) is 12.5. The number of rotatable bonds is 5. The number of fused-ring (bicyclic) bond motifs is 1. The van der Waals surface area contributed by atoms with Crippen LogP contribution in [0.15, 0.2) is 84.4 Å². The fourth-order valence-electron chi connectivity index (χ4n) is 4.18. The molecule has 37 heavy (non-hydrogen) atoms. The Kier molecular flexibility index (Phi) is 6.29. The Morgan fingerprint density at radius 2 is 2.00 bits per heavy atom. The van der Waals surface area contributed by atoms with Gasteiger partial charge in [0.25, 0.3) is 5.91 Å². The number of benzene rings is 1.